The molecule has 0 aliphatic carbocycles. The highest BCUT2D eigenvalue weighted by Gasteiger charge is 2.39. The van der Waals surface area contributed by atoms with Crippen LogP contribution in [0, 0.1) is 0 Å². The number of carbonyl (C=O) groups is 1. The lowest BCUT2D eigenvalue weighted by Crippen LogP contribution is -2.46. The molecule has 27 heavy (non-hydrogen) atoms. The van der Waals surface area contributed by atoms with Gasteiger partial charge in [-0.05, 0) is 88.4 Å². The number of aliphatic hydroxyl groups excluding tert-OH is 1. The van der Waals surface area contributed by atoms with Gasteiger partial charge in [0.1, 0.15) is 0 Å². The molecule has 0 saturated carbocycles. The zero-order chi connectivity index (χ0) is 20.5. The number of amides is 1. The Hall–Kier alpha value is -4.12. The van der Waals surface area contributed by atoms with Crippen molar-refractivity contribution in [1.82, 2.24) is 5.32 Å². The molecule has 2 N–H and O–H groups in total. The number of alkyl halides is 3. The fourth-order valence-electron chi connectivity index (χ4n) is 1.04. The van der Waals surface area contributed by atoms with Crippen molar-refractivity contribution in [3.05, 3.63) is 92.9 Å². The SMILES string of the molecule is C=C=C=C=C=C=C=C=C=C=C=C=C=C=C=C[C@H](O)[C@H](C)NC(=O)C(F)(F)F.[HH].[HH].[HH].[HH].[HH].[HH].[HH].[HH].[HH].[HH].[HH].[HH].[HH].[HH].[HH].[HH]. The maximum absolute atomic E-state index is 12.1. The summed E-state index contributed by atoms with van der Waals surface area (Å²) < 4.78 is 36.2. The van der Waals surface area contributed by atoms with Gasteiger partial charge in [0, 0.05) is 22.8 Å². The zero-order valence-corrected chi connectivity index (χ0v) is 13.9. The molecule has 0 spiro atoms. The first-order valence-electron chi connectivity index (χ1n) is 6.95. The van der Waals surface area contributed by atoms with Crippen LogP contribution in [0.25, 0.3) is 0 Å². The molecule has 0 aliphatic rings. The van der Waals surface area contributed by atoms with Crippen LogP contribution in [0.1, 0.15) is 29.7 Å². The fraction of sp³-hybridized carbons (Fsp3) is 0.190. The van der Waals surface area contributed by atoms with E-state index in [1.165, 1.54) is 6.92 Å². The molecule has 0 radical (unpaired) electrons. The normalized spacial score (nSPS) is 9.81. The zero-order valence-electron chi connectivity index (χ0n) is 13.9. The number of rotatable bonds is 3. The van der Waals surface area contributed by atoms with E-state index in [9.17, 15) is 23.1 Å². The van der Waals surface area contributed by atoms with Crippen LogP contribution in [0.5, 0.6) is 0 Å². The smallest absolute Gasteiger partial charge is 0.386 e. The summed E-state index contributed by atoms with van der Waals surface area (Å²) in [6.45, 7) is 4.47. The van der Waals surface area contributed by atoms with E-state index in [2.05, 4.69) is 86.8 Å². The molecule has 1 amide bonds. The van der Waals surface area contributed by atoms with Crippen molar-refractivity contribution in [3.8, 4) is 0 Å². The molecule has 0 fully saturated rings. The third kappa shape index (κ3) is 12.9. The van der Waals surface area contributed by atoms with E-state index in [-0.39, 0.29) is 22.8 Å². The van der Waals surface area contributed by atoms with Crippen molar-refractivity contribution in [1.29, 1.82) is 0 Å². The third-order valence-electron chi connectivity index (χ3n) is 2.23. The summed E-state index contributed by atoms with van der Waals surface area (Å²) in [5.41, 5.74) is 33.3. The molecule has 0 heterocycles. The van der Waals surface area contributed by atoms with Crippen LogP contribution in [-0.4, -0.2) is 29.3 Å². The first-order chi connectivity index (χ1) is 12.8. The Kier molecular flexibility index (Phi) is 11.2. The Bertz CT molecular complexity index is 1140. The van der Waals surface area contributed by atoms with Crippen molar-refractivity contribution < 1.29 is 45.9 Å². The van der Waals surface area contributed by atoms with Gasteiger partial charge >= 0.3 is 12.1 Å². The monoisotopic (exact) mass is 397 g/mol. The summed E-state index contributed by atoms with van der Waals surface area (Å²) in [6, 6.07) is -1.17. The highest BCUT2D eigenvalue weighted by Crippen LogP contribution is 2.14. The molecule has 0 aromatic carbocycles. The summed E-state index contributed by atoms with van der Waals surface area (Å²) >= 11 is 0. The molecule has 0 aromatic heterocycles. The van der Waals surface area contributed by atoms with Gasteiger partial charge in [0.2, 0.25) is 0 Å². The molecule has 0 saturated heterocycles. The minimum absolute atomic E-state index is 0. The van der Waals surface area contributed by atoms with Crippen LogP contribution < -0.4 is 5.32 Å². The second-order valence-corrected chi connectivity index (χ2v) is 4.24. The highest BCUT2D eigenvalue weighted by molar-refractivity contribution is 5.81. The largest absolute Gasteiger partial charge is 0.471 e. The molecule has 0 bridgehead atoms. The molecular weight excluding hydrogens is 355 g/mol. The standard InChI is InChI=1S/C21H10F3NO2.16H2/c1-3-4-5-6-7-8-9-10-11-12-13-14-15-16-17-19(26)18(2)25-20(27)21(22,23)24;;;;;;;;;;;;;;;;/h17-19,26H,1H2,2H3,(H,25,27);16*1H/t18-,19-;;;;;;;;;;;;;;;;/m0................/s1. The molecule has 2 atom stereocenters. The Balaban J connectivity index is -0.0000000282. The number of hydrogen-bond acceptors (Lipinski definition) is 2. The summed E-state index contributed by atoms with van der Waals surface area (Å²) in [5.74, 6) is -2.14. The average Bonchev–Trinajstić information content (AvgIpc) is 2.60. The Morgan fingerprint density at radius 3 is 1.78 bits per heavy atom. The van der Waals surface area contributed by atoms with Gasteiger partial charge in [-0.1, -0.05) is 11.5 Å². The fourth-order valence-corrected chi connectivity index (χ4v) is 1.04. The highest BCUT2D eigenvalue weighted by atomic mass is 19.4. The molecule has 3 nitrogen and oxygen atoms in total. The molecule has 6 heteroatoms. The minimum Gasteiger partial charge on any atom is -0.386 e. The van der Waals surface area contributed by atoms with E-state index in [0.29, 0.717) is 0 Å². The maximum Gasteiger partial charge on any atom is 0.471 e. The van der Waals surface area contributed by atoms with Crippen molar-refractivity contribution in [2.75, 3.05) is 0 Å². The molecular formula is C21H42F3NO2. The van der Waals surface area contributed by atoms with Gasteiger partial charge in [0.15, 0.2) is 0 Å². The van der Waals surface area contributed by atoms with E-state index >= 15 is 0 Å². The van der Waals surface area contributed by atoms with Crippen molar-refractivity contribution >= 4 is 5.91 Å². The molecule has 0 aliphatic heterocycles. The maximum atomic E-state index is 12.1. The molecule has 0 aromatic rings. The van der Waals surface area contributed by atoms with Crippen LogP contribution in [-0.2, 0) is 4.79 Å². The van der Waals surface area contributed by atoms with E-state index in [0.717, 1.165) is 6.08 Å². The predicted octanol–water partition coefficient (Wildman–Crippen LogP) is 6.71. The lowest BCUT2D eigenvalue weighted by atomic mass is 10.2. The van der Waals surface area contributed by atoms with Crippen molar-refractivity contribution in [2.24, 2.45) is 0 Å². The Morgan fingerprint density at radius 1 is 0.963 bits per heavy atom. The summed E-state index contributed by atoms with van der Waals surface area (Å²) in [4.78, 5) is 10.7. The van der Waals surface area contributed by atoms with E-state index in [4.69, 9.17) is 0 Å². The van der Waals surface area contributed by atoms with E-state index in [1.54, 1.807) is 5.32 Å². The number of halogens is 3. The van der Waals surface area contributed by atoms with Gasteiger partial charge in [-0.3, -0.25) is 4.79 Å². The third-order valence-corrected chi connectivity index (χ3v) is 2.23. The van der Waals surface area contributed by atoms with Gasteiger partial charge in [-0.2, -0.15) is 13.2 Å². The first-order valence-corrected chi connectivity index (χ1v) is 6.95. The van der Waals surface area contributed by atoms with Crippen LogP contribution >= 0.6 is 0 Å². The van der Waals surface area contributed by atoms with Gasteiger partial charge in [0.25, 0.3) is 0 Å². The first kappa shape index (κ1) is 22.9. The van der Waals surface area contributed by atoms with Crippen LogP contribution in [0.2, 0.25) is 0 Å². The molecule has 164 valence electrons. The van der Waals surface area contributed by atoms with Gasteiger partial charge in [0.05, 0.1) is 12.1 Å². The van der Waals surface area contributed by atoms with Crippen molar-refractivity contribution in [3.63, 3.8) is 0 Å². The summed E-state index contributed by atoms with van der Waals surface area (Å²) in [7, 11) is 0. The lowest BCUT2D eigenvalue weighted by molar-refractivity contribution is -0.174. The number of aliphatic hydroxyl groups is 1. The average molecular weight is 398 g/mol. The second kappa shape index (κ2) is 13.2. The van der Waals surface area contributed by atoms with Gasteiger partial charge < -0.3 is 10.4 Å². The quantitative estimate of drug-likeness (QED) is 0.520. The van der Waals surface area contributed by atoms with Crippen LogP contribution in [0.4, 0.5) is 13.2 Å². The van der Waals surface area contributed by atoms with Gasteiger partial charge in [-0.25, -0.2) is 0 Å². The number of hydrogen-bond donors (Lipinski definition) is 2. The predicted molar refractivity (Wildman–Crippen MR) is 123 cm³/mol. The summed E-state index contributed by atoms with van der Waals surface area (Å²) in [5, 5.41) is 11.2. The van der Waals surface area contributed by atoms with E-state index in [1.807, 2.05) is 0 Å². The van der Waals surface area contributed by atoms with Gasteiger partial charge in [-0.15, -0.1) is 0 Å². The second-order valence-electron chi connectivity index (χ2n) is 4.24. The minimum atomic E-state index is -5.02. The summed E-state index contributed by atoms with van der Waals surface area (Å²) in [6.07, 6.45) is -5.42. The van der Waals surface area contributed by atoms with Crippen LogP contribution in [0.3, 0.4) is 0 Å². The van der Waals surface area contributed by atoms with Crippen molar-refractivity contribution in [2.45, 2.75) is 25.2 Å². The Labute approximate surface area is 176 Å². The van der Waals surface area contributed by atoms with E-state index < -0.39 is 24.2 Å². The number of carbonyl (C=O) groups excluding carboxylic acids is 1. The molecule has 0 unspecified atom stereocenters. The number of nitrogens with one attached hydrogen (secondary N) is 1. The topological polar surface area (TPSA) is 49.3 Å². The molecule has 0 rings (SSSR count). The Morgan fingerprint density at radius 2 is 1.37 bits per heavy atom. The lowest BCUT2D eigenvalue weighted by Gasteiger charge is -2.17. The van der Waals surface area contributed by atoms with Crippen LogP contribution in [0.15, 0.2) is 92.9 Å².